The molecule has 5 heteroatoms. The quantitative estimate of drug-likeness (QED) is 0.868. The van der Waals surface area contributed by atoms with Gasteiger partial charge in [-0.3, -0.25) is 0 Å². The molecule has 0 aliphatic heterocycles. The lowest BCUT2D eigenvalue weighted by Crippen LogP contribution is -2.11. The van der Waals surface area contributed by atoms with Gasteiger partial charge in [0.05, 0.1) is 29.0 Å². The van der Waals surface area contributed by atoms with Crippen LogP contribution >= 0.6 is 0 Å². The molecule has 0 bridgehead atoms. The van der Waals surface area contributed by atoms with Crippen LogP contribution in [0.1, 0.15) is 36.7 Å². The van der Waals surface area contributed by atoms with Crippen molar-refractivity contribution in [2.24, 2.45) is 0 Å². The molecule has 2 atom stereocenters. The highest BCUT2D eigenvalue weighted by atomic mass is 16.4. The number of rotatable bonds is 4. The maximum Gasteiger partial charge on any atom is 0.335 e. The van der Waals surface area contributed by atoms with E-state index in [1.165, 1.54) is 0 Å². The molecule has 1 aromatic carbocycles. The number of carbonyl (C=O) groups is 1. The van der Waals surface area contributed by atoms with Gasteiger partial charge in [-0.25, -0.2) is 9.78 Å². The van der Waals surface area contributed by atoms with Crippen LogP contribution in [0.3, 0.4) is 0 Å². The molecule has 5 nitrogen and oxygen atoms in total. The number of nitrogens with zero attached hydrogens (tertiary/aromatic N) is 2. The minimum Gasteiger partial charge on any atom is -0.478 e. The van der Waals surface area contributed by atoms with E-state index in [1.807, 2.05) is 11.5 Å². The van der Waals surface area contributed by atoms with Gasteiger partial charge in [0.15, 0.2) is 0 Å². The molecule has 0 spiro atoms. The van der Waals surface area contributed by atoms with Gasteiger partial charge in [-0.2, -0.15) is 0 Å². The Bertz CT molecular complexity index is 575. The summed E-state index contributed by atoms with van der Waals surface area (Å²) in [6.45, 7) is 3.75. The first-order valence-electron chi connectivity index (χ1n) is 5.87. The molecule has 2 aromatic rings. The predicted octanol–water partition coefficient (Wildman–Crippen LogP) is 2.07. The summed E-state index contributed by atoms with van der Waals surface area (Å²) in [5.74, 6) is -0.955. The third kappa shape index (κ3) is 2.36. The average Bonchev–Trinajstić information content (AvgIpc) is 2.70. The monoisotopic (exact) mass is 248 g/mol. The highest BCUT2D eigenvalue weighted by Gasteiger charge is 2.13. The van der Waals surface area contributed by atoms with Gasteiger partial charge in [-0.1, -0.05) is 0 Å². The van der Waals surface area contributed by atoms with E-state index < -0.39 is 5.97 Å². The summed E-state index contributed by atoms with van der Waals surface area (Å²) in [5, 5.41) is 18.3. The van der Waals surface area contributed by atoms with Gasteiger partial charge in [0, 0.05) is 6.04 Å². The fourth-order valence-corrected chi connectivity index (χ4v) is 2.12. The van der Waals surface area contributed by atoms with Crippen molar-refractivity contribution < 1.29 is 15.0 Å². The lowest BCUT2D eigenvalue weighted by molar-refractivity contribution is 0.0697. The molecule has 0 saturated carbocycles. The van der Waals surface area contributed by atoms with Crippen LogP contribution < -0.4 is 0 Å². The topological polar surface area (TPSA) is 75.3 Å². The average molecular weight is 248 g/mol. The van der Waals surface area contributed by atoms with Crippen LogP contribution in [0.5, 0.6) is 0 Å². The van der Waals surface area contributed by atoms with E-state index in [0.29, 0.717) is 11.9 Å². The van der Waals surface area contributed by atoms with E-state index in [9.17, 15) is 9.90 Å². The summed E-state index contributed by atoms with van der Waals surface area (Å²) in [4.78, 5) is 15.1. The van der Waals surface area contributed by atoms with Crippen molar-refractivity contribution in [3.63, 3.8) is 0 Å². The van der Waals surface area contributed by atoms with Crippen LogP contribution in [-0.4, -0.2) is 31.8 Å². The van der Waals surface area contributed by atoms with Gasteiger partial charge < -0.3 is 14.8 Å². The molecule has 1 aromatic heterocycles. The zero-order valence-corrected chi connectivity index (χ0v) is 10.4. The van der Waals surface area contributed by atoms with Crippen molar-refractivity contribution >= 4 is 17.0 Å². The normalized spacial score (nSPS) is 14.6. The van der Waals surface area contributed by atoms with Crippen molar-refractivity contribution in [2.45, 2.75) is 32.4 Å². The Morgan fingerprint density at radius 3 is 2.78 bits per heavy atom. The lowest BCUT2D eigenvalue weighted by Gasteiger charge is -2.15. The molecule has 0 saturated heterocycles. The number of carboxylic acids is 1. The number of hydrogen-bond acceptors (Lipinski definition) is 3. The number of hydrogen-bond donors (Lipinski definition) is 2. The molecule has 0 aliphatic carbocycles. The number of benzene rings is 1. The van der Waals surface area contributed by atoms with Crippen LogP contribution in [0.4, 0.5) is 0 Å². The second-order valence-electron chi connectivity index (χ2n) is 4.59. The van der Waals surface area contributed by atoms with Crippen LogP contribution in [0.15, 0.2) is 24.5 Å². The number of fused-ring (bicyclic) bond motifs is 1. The molecule has 2 N–H and O–H groups in total. The Kier molecular flexibility index (Phi) is 3.34. The Morgan fingerprint density at radius 2 is 2.17 bits per heavy atom. The number of aromatic nitrogens is 2. The fourth-order valence-electron chi connectivity index (χ4n) is 2.12. The summed E-state index contributed by atoms with van der Waals surface area (Å²) in [6, 6.07) is 5.00. The molecule has 96 valence electrons. The van der Waals surface area contributed by atoms with Gasteiger partial charge in [0.25, 0.3) is 0 Å². The molecule has 2 unspecified atom stereocenters. The van der Waals surface area contributed by atoms with Crippen molar-refractivity contribution in [2.75, 3.05) is 0 Å². The van der Waals surface area contributed by atoms with Crippen LogP contribution in [0, 0.1) is 0 Å². The largest absolute Gasteiger partial charge is 0.478 e. The molecule has 0 amide bonds. The SMILES string of the molecule is CC(O)CC(C)n1cnc2cc(C(=O)O)ccc21. The first kappa shape index (κ1) is 12.6. The number of aliphatic hydroxyl groups excluding tert-OH is 1. The zero-order chi connectivity index (χ0) is 13.3. The van der Waals surface area contributed by atoms with E-state index in [0.717, 1.165) is 5.52 Å². The van der Waals surface area contributed by atoms with Crippen LogP contribution in [0.25, 0.3) is 11.0 Å². The van der Waals surface area contributed by atoms with E-state index in [4.69, 9.17) is 5.11 Å². The van der Waals surface area contributed by atoms with Crippen LogP contribution in [-0.2, 0) is 0 Å². The molecule has 0 radical (unpaired) electrons. The third-order valence-corrected chi connectivity index (χ3v) is 2.98. The van der Waals surface area contributed by atoms with Crippen molar-refractivity contribution in [3.05, 3.63) is 30.1 Å². The van der Waals surface area contributed by atoms with Crippen LogP contribution in [0.2, 0.25) is 0 Å². The maximum atomic E-state index is 10.9. The number of carboxylic acid groups (broad SMARTS) is 1. The minimum atomic E-state index is -0.955. The first-order chi connectivity index (χ1) is 8.49. The standard InChI is InChI=1S/C13H16N2O3/c1-8(5-9(2)16)15-7-14-11-6-10(13(17)18)3-4-12(11)15/h3-4,6-9,16H,5H2,1-2H3,(H,17,18). The zero-order valence-electron chi connectivity index (χ0n) is 10.4. The van der Waals surface area contributed by atoms with E-state index in [1.54, 1.807) is 31.5 Å². The number of imidazole rings is 1. The number of aromatic carboxylic acids is 1. The highest BCUT2D eigenvalue weighted by molar-refractivity contribution is 5.92. The Morgan fingerprint density at radius 1 is 1.44 bits per heavy atom. The number of aliphatic hydroxyl groups is 1. The summed E-state index contributed by atoms with van der Waals surface area (Å²) < 4.78 is 1.95. The lowest BCUT2D eigenvalue weighted by atomic mass is 10.1. The molecular weight excluding hydrogens is 232 g/mol. The molecule has 2 rings (SSSR count). The van der Waals surface area contributed by atoms with E-state index in [2.05, 4.69) is 4.98 Å². The summed E-state index contributed by atoms with van der Waals surface area (Å²) in [5.41, 5.74) is 1.77. The van der Waals surface area contributed by atoms with Crippen molar-refractivity contribution in [3.8, 4) is 0 Å². The summed E-state index contributed by atoms with van der Waals surface area (Å²) >= 11 is 0. The molecule has 1 heterocycles. The molecule has 0 aliphatic rings. The van der Waals surface area contributed by atoms with E-state index in [-0.39, 0.29) is 17.7 Å². The van der Waals surface area contributed by atoms with Crippen molar-refractivity contribution in [1.29, 1.82) is 0 Å². The van der Waals surface area contributed by atoms with Crippen molar-refractivity contribution in [1.82, 2.24) is 9.55 Å². The van der Waals surface area contributed by atoms with E-state index >= 15 is 0 Å². The smallest absolute Gasteiger partial charge is 0.335 e. The second-order valence-corrected chi connectivity index (χ2v) is 4.59. The maximum absolute atomic E-state index is 10.9. The summed E-state index contributed by atoms with van der Waals surface area (Å²) in [6.07, 6.45) is 1.94. The second kappa shape index (κ2) is 4.78. The predicted molar refractivity (Wildman–Crippen MR) is 67.7 cm³/mol. The Hall–Kier alpha value is -1.88. The van der Waals surface area contributed by atoms with Gasteiger partial charge in [-0.15, -0.1) is 0 Å². The summed E-state index contributed by atoms with van der Waals surface area (Å²) in [7, 11) is 0. The van der Waals surface area contributed by atoms with Gasteiger partial charge in [-0.05, 0) is 38.5 Å². The van der Waals surface area contributed by atoms with Gasteiger partial charge in [0.2, 0.25) is 0 Å². The van der Waals surface area contributed by atoms with Gasteiger partial charge in [0.1, 0.15) is 0 Å². The molecular formula is C13H16N2O3. The minimum absolute atomic E-state index is 0.116. The highest BCUT2D eigenvalue weighted by Crippen LogP contribution is 2.21. The molecule has 0 fully saturated rings. The molecule has 18 heavy (non-hydrogen) atoms. The Balaban J connectivity index is 2.39. The first-order valence-corrected chi connectivity index (χ1v) is 5.87. The fraction of sp³-hybridized carbons (Fsp3) is 0.385. The van der Waals surface area contributed by atoms with Gasteiger partial charge >= 0.3 is 5.97 Å². The third-order valence-electron chi connectivity index (χ3n) is 2.98. The Labute approximate surface area is 105 Å².